The summed E-state index contributed by atoms with van der Waals surface area (Å²) in [6.07, 6.45) is 5.53. The first-order valence-electron chi connectivity index (χ1n) is 6.85. The summed E-state index contributed by atoms with van der Waals surface area (Å²) in [5.74, 6) is 4.89. The number of nitrogens with two attached hydrogens (primary N) is 1. The lowest BCUT2D eigenvalue weighted by Crippen LogP contribution is -2.25. The Hall–Kier alpha value is -2.30. The summed E-state index contributed by atoms with van der Waals surface area (Å²) in [5, 5.41) is 7.19. The number of hydrogen-bond acceptors (Lipinski definition) is 3. The van der Waals surface area contributed by atoms with Gasteiger partial charge in [-0.05, 0) is 42.9 Å². The second-order valence-electron chi connectivity index (χ2n) is 5.16. The van der Waals surface area contributed by atoms with Crippen LogP contribution in [-0.2, 0) is 19.9 Å². The average molecular weight is 270 g/mol. The number of hydrogen-bond donors (Lipinski definition) is 2. The molecule has 1 amide bonds. The fraction of sp³-hybridized carbons (Fsp3) is 0.333. The van der Waals surface area contributed by atoms with Gasteiger partial charge in [0.2, 0.25) is 0 Å². The highest BCUT2D eigenvalue weighted by atomic mass is 16.1. The Kier molecular flexibility index (Phi) is 3.18. The maximum absolute atomic E-state index is 12.3. The Bertz CT molecular complexity index is 699. The number of nitrogens with one attached hydrogen (secondary N) is 1. The van der Waals surface area contributed by atoms with Crippen LogP contribution in [0.3, 0.4) is 0 Å². The van der Waals surface area contributed by atoms with E-state index < -0.39 is 0 Å². The zero-order chi connectivity index (χ0) is 14.1. The molecule has 0 saturated heterocycles. The van der Waals surface area contributed by atoms with E-state index >= 15 is 0 Å². The van der Waals surface area contributed by atoms with Gasteiger partial charge in [-0.3, -0.25) is 4.79 Å². The quantitative estimate of drug-likeness (QED) is 0.377. The molecule has 104 valence electrons. The van der Waals surface area contributed by atoms with E-state index in [-0.39, 0.29) is 5.91 Å². The van der Waals surface area contributed by atoms with Crippen molar-refractivity contribution in [1.29, 1.82) is 0 Å². The molecule has 5 nitrogen and oxygen atoms in total. The minimum Gasteiger partial charge on any atom is -0.339 e. The molecule has 0 radical (unpaired) electrons. The molecule has 0 fully saturated rings. The minimum atomic E-state index is -0.152. The zero-order valence-corrected chi connectivity index (χ0v) is 11.5. The maximum Gasteiger partial charge on any atom is 0.273 e. The number of carbonyl (C=O) groups excluding carboxylic acids is 1. The zero-order valence-electron chi connectivity index (χ0n) is 11.5. The van der Waals surface area contributed by atoms with Crippen molar-refractivity contribution in [1.82, 2.24) is 9.88 Å². The molecule has 3 N–H and O–H groups in total. The lowest BCUT2D eigenvalue weighted by Gasteiger charge is -2.06. The first-order chi connectivity index (χ1) is 9.74. The lowest BCUT2D eigenvalue weighted by atomic mass is 10.0. The van der Waals surface area contributed by atoms with Gasteiger partial charge < -0.3 is 15.7 Å². The molecule has 0 spiro atoms. The summed E-state index contributed by atoms with van der Waals surface area (Å²) < 4.78 is 1.97. The van der Waals surface area contributed by atoms with Crippen LogP contribution in [0.4, 0.5) is 0 Å². The van der Waals surface area contributed by atoms with Gasteiger partial charge in [0.05, 0.1) is 0 Å². The van der Waals surface area contributed by atoms with Gasteiger partial charge >= 0.3 is 0 Å². The molecule has 0 aliphatic heterocycles. The summed E-state index contributed by atoms with van der Waals surface area (Å²) in [4.78, 5) is 12.3. The number of aromatic nitrogens is 1. The van der Waals surface area contributed by atoms with Crippen LogP contribution in [0, 0.1) is 0 Å². The number of nitrogens with zero attached hydrogens (tertiary/aromatic N) is 2. The smallest absolute Gasteiger partial charge is 0.273 e. The fourth-order valence-electron chi connectivity index (χ4n) is 3.18. The van der Waals surface area contributed by atoms with E-state index in [0.29, 0.717) is 5.69 Å². The molecule has 1 aliphatic carbocycles. The van der Waals surface area contributed by atoms with Crippen molar-refractivity contribution in [2.75, 3.05) is 0 Å². The molecule has 0 atom stereocenters. The van der Waals surface area contributed by atoms with E-state index in [1.54, 1.807) is 0 Å². The molecule has 1 aromatic carbocycles. The lowest BCUT2D eigenvalue weighted by molar-refractivity contribution is 0.0970. The van der Waals surface area contributed by atoms with Crippen molar-refractivity contribution in [3.8, 4) is 0 Å². The topological polar surface area (TPSA) is 72.4 Å². The predicted octanol–water partition coefficient (Wildman–Crippen LogP) is 1.69. The van der Waals surface area contributed by atoms with E-state index in [1.807, 2.05) is 11.6 Å². The van der Waals surface area contributed by atoms with Crippen molar-refractivity contribution in [2.45, 2.75) is 25.7 Å². The number of carbonyl (C=O) groups is 1. The Labute approximate surface area is 117 Å². The summed E-state index contributed by atoms with van der Waals surface area (Å²) in [5.41, 5.74) is 4.33. The third kappa shape index (κ3) is 1.86. The Balaban J connectivity index is 2.23. The fourth-order valence-corrected chi connectivity index (χ4v) is 3.18. The second kappa shape index (κ2) is 5.00. The normalized spacial score (nSPS) is 14.7. The SMILES string of the molecule is Cn1c(C(=O)NC=NN)c2c3c(cccc31)CCCC2. The van der Waals surface area contributed by atoms with Gasteiger partial charge in [-0.25, -0.2) is 0 Å². The number of benzene rings is 1. The molecule has 5 heteroatoms. The van der Waals surface area contributed by atoms with Gasteiger partial charge in [-0.15, -0.1) is 0 Å². The number of rotatable bonds is 2. The van der Waals surface area contributed by atoms with Gasteiger partial charge in [0.15, 0.2) is 0 Å². The van der Waals surface area contributed by atoms with E-state index in [2.05, 4.69) is 28.6 Å². The van der Waals surface area contributed by atoms with Crippen molar-refractivity contribution >= 4 is 23.1 Å². The van der Waals surface area contributed by atoms with E-state index in [1.165, 1.54) is 23.7 Å². The third-order valence-electron chi connectivity index (χ3n) is 4.02. The molecule has 2 aromatic rings. The largest absolute Gasteiger partial charge is 0.339 e. The van der Waals surface area contributed by atoms with Crippen LogP contribution in [0.15, 0.2) is 23.3 Å². The van der Waals surface area contributed by atoms with Crippen LogP contribution >= 0.6 is 0 Å². The third-order valence-corrected chi connectivity index (χ3v) is 4.02. The molecule has 3 rings (SSSR count). The Morgan fingerprint density at radius 3 is 3.00 bits per heavy atom. The highest BCUT2D eigenvalue weighted by molar-refractivity contribution is 6.06. The van der Waals surface area contributed by atoms with Crippen molar-refractivity contribution < 1.29 is 4.79 Å². The van der Waals surface area contributed by atoms with Crippen molar-refractivity contribution in [3.05, 3.63) is 35.0 Å². The second-order valence-corrected chi connectivity index (χ2v) is 5.16. The van der Waals surface area contributed by atoms with Gasteiger partial charge in [0.1, 0.15) is 12.0 Å². The summed E-state index contributed by atoms with van der Waals surface area (Å²) >= 11 is 0. The standard InChI is InChI=1S/C15H18N4O/c1-19-12-8-4-6-10-5-2-3-7-11(13(10)12)14(19)15(20)17-9-18-16/h4,6,8-9H,2-3,5,7,16H2,1H3,(H,17,18,20). The molecular formula is C15H18N4O. The molecule has 0 unspecified atom stereocenters. The highest BCUT2D eigenvalue weighted by Crippen LogP contribution is 2.33. The van der Waals surface area contributed by atoms with Crippen LogP contribution in [0.5, 0.6) is 0 Å². The number of amides is 1. The molecular weight excluding hydrogens is 252 g/mol. The summed E-state index contributed by atoms with van der Waals surface area (Å²) in [7, 11) is 1.94. The molecule has 0 bridgehead atoms. The van der Waals surface area contributed by atoms with E-state index in [4.69, 9.17) is 5.84 Å². The van der Waals surface area contributed by atoms with Gasteiger partial charge in [-0.2, -0.15) is 5.10 Å². The monoisotopic (exact) mass is 270 g/mol. The average Bonchev–Trinajstić information content (AvgIpc) is 2.62. The van der Waals surface area contributed by atoms with Crippen LogP contribution < -0.4 is 11.2 Å². The predicted molar refractivity (Wildman–Crippen MR) is 79.7 cm³/mol. The summed E-state index contributed by atoms with van der Waals surface area (Å²) in [6.45, 7) is 0. The van der Waals surface area contributed by atoms with Crippen LogP contribution in [0.2, 0.25) is 0 Å². The van der Waals surface area contributed by atoms with Crippen LogP contribution in [0.25, 0.3) is 10.9 Å². The molecule has 0 saturated carbocycles. The van der Waals surface area contributed by atoms with Gasteiger partial charge in [0, 0.05) is 18.0 Å². The Morgan fingerprint density at radius 1 is 1.40 bits per heavy atom. The summed E-state index contributed by atoms with van der Waals surface area (Å²) in [6, 6.07) is 6.30. The number of hydrazone groups is 1. The van der Waals surface area contributed by atoms with E-state index in [0.717, 1.165) is 30.3 Å². The number of aryl methyl sites for hydroxylation is 3. The van der Waals surface area contributed by atoms with Crippen LogP contribution in [0.1, 0.15) is 34.5 Å². The highest BCUT2D eigenvalue weighted by Gasteiger charge is 2.23. The molecule has 1 aromatic heterocycles. The van der Waals surface area contributed by atoms with E-state index in [9.17, 15) is 4.79 Å². The van der Waals surface area contributed by atoms with Crippen molar-refractivity contribution in [3.63, 3.8) is 0 Å². The molecule has 1 aliphatic rings. The van der Waals surface area contributed by atoms with Crippen molar-refractivity contribution in [2.24, 2.45) is 18.0 Å². The first kappa shape index (κ1) is 12.7. The molecule has 1 heterocycles. The maximum atomic E-state index is 12.3. The van der Waals surface area contributed by atoms with Crippen LogP contribution in [-0.4, -0.2) is 16.8 Å². The van der Waals surface area contributed by atoms with Gasteiger partial charge in [-0.1, -0.05) is 12.1 Å². The Morgan fingerprint density at radius 2 is 2.20 bits per heavy atom. The molecule has 20 heavy (non-hydrogen) atoms. The first-order valence-corrected chi connectivity index (χ1v) is 6.85. The van der Waals surface area contributed by atoms with Gasteiger partial charge in [0.25, 0.3) is 5.91 Å². The minimum absolute atomic E-state index is 0.152.